The summed E-state index contributed by atoms with van der Waals surface area (Å²) in [5.41, 5.74) is 1.71. The van der Waals surface area contributed by atoms with Crippen LogP contribution in [0.5, 0.6) is 0 Å². The number of rotatable bonds is 3. The van der Waals surface area contributed by atoms with Crippen LogP contribution in [0.1, 0.15) is 31.2 Å². The number of amides is 1. The third-order valence-corrected chi connectivity index (χ3v) is 5.85. The summed E-state index contributed by atoms with van der Waals surface area (Å²) in [6, 6.07) is 8.17. The molecule has 2 aliphatic rings. The lowest BCUT2D eigenvalue weighted by Crippen LogP contribution is -2.44. The number of aryl methyl sites for hydroxylation is 1. The van der Waals surface area contributed by atoms with Crippen molar-refractivity contribution in [2.24, 2.45) is 5.41 Å². The van der Waals surface area contributed by atoms with Gasteiger partial charge in [0.15, 0.2) is 0 Å². The first-order valence-corrected chi connectivity index (χ1v) is 8.70. The highest BCUT2D eigenvalue weighted by Gasteiger charge is 2.37. The third-order valence-electron chi connectivity index (χ3n) is 5.07. The van der Waals surface area contributed by atoms with E-state index in [1.165, 1.54) is 24.8 Å². The van der Waals surface area contributed by atoms with Crippen molar-refractivity contribution in [3.05, 3.63) is 34.3 Å². The molecule has 0 bridgehead atoms. The number of piperidine rings is 1. The second-order valence-electron chi connectivity index (χ2n) is 6.40. The second kappa shape index (κ2) is 6.49. The van der Waals surface area contributed by atoms with Gasteiger partial charge in [0.25, 0.3) is 0 Å². The lowest BCUT2D eigenvalue weighted by molar-refractivity contribution is -0.133. The van der Waals surface area contributed by atoms with E-state index in [0.717, 1.165) is 37.1 Å². The van der Waals surface area contributed by atoms with Gasteiger partial charge in [-0.15, -0.1) is 0 Å². The summed E-state index contributed by atoms with van der Waals surface area (Å²) in [5, 5.41) is 3.47. The molecule has 0 aliphatic carbocycles. The molecule has 1 aromatic carbocycles. The van der Waals surface area contributed by atoms with Gasteiger partial charge in [-0.05, 0) is 49.3 Å². The Morgan fingerprint density at radius 1 is 1.24 bits per heavy atom. The molecule has 3 nitrogen and oxygen atoms in total. The zero-order chi connectivity index (χ0) is 14.7. The van der Waals surface area contributed by atoms with Gasteiger partial charge < -0.3 is 10.2 Å². The van der Waals surface area contributed by atoms with E-state index in [-0.39, 0.29) is 0 Å². The lowest BCUT2D eigenvalue weighted by Gasteiger charge is -2.39. The third kappa shape index (κ3) is 3.49. The number of benzene rings is 1. The summed E-state index contributed by atoms with van der Waals surface area (Å²) < 4.78 is 1.10. The Labute approximate surface area is 135 Å². The maximum absolute atomic E-state index is 12.4. The standard InChI is InChI=1S/C17H23BrN2O/c18-15-4-2-1-3-14(15)5-6-16(21)20-11-8-17(9-12-20)7-10-19-13-17/h1-4,19H,5-13H2. The average molecular weight is 351 g/mol. The normalized spacial score (nSPS) is 20.9. The first-order valence-electron chi connectivity index (χ1n) is 7.90. The quantitative estimate of drug-likeness (QED) is 0.908. The van der Waals surface area contributed by atoms with Gasteiger partial charge >= 0.3 is 0 Å². The summed E-state index contributed by atoms with van der Waals surface area (Å²) in [7, 11) is 0. The zero-order valence-corrected chi connectivity index (χ0v) is 14.0. The van der Waals surface area contributed by atoms with E-state index in [1.807, 2.05) is 18.2 Å². The van der Waals surface area contributed by atoms with Gasteiger partial charge in [0.05, 0.1) is 0 Å². The predicted octanol–water partition coefficient (Wildman–Crippen LogP) is 2.98. The Bertz CT molecular complexity index is 501. The minimum Gasteiger partial charge on any atom is -0.343 e. The van der Waals surface area contributed by atoms with Crippen molar-refractivity contribution in [1.29, 1.82) is 0 Å². The summed E-state index contributed by atoms with van der Waals surface area (Å²) in [4.78, 5) is 14.5. The lowest BCUT2D eigenvalue weighted by atomic mass is 9.78. The molecule has 114 valence electrons. The highest BCUT2D eigenvalue weighted by Crippen LogP contribution is 2.37. The Morgan fingerprint density at radius 2 is 2.00 bits per heavy atom. The molecule has 4 heteroatoms. The van der Waals surface area contributed by atoms with Crippen LogP contribution in [0.15, 0.2) is 28.7 Å². The maximum atomic E-state index is 12.4. The summed E-state index contributed by atoms with van der Waals surface area (Å²) in [6.45, 7) is 4.18. The monoisotopic (exact) mass is 350 g/mol. The molecule has 1 amide bonds. The number of halogens is 1. The van der Waals surface area contributed by atoms with E-state index in [1.54, 1.807) is 0 Å². The summed E-state index contributed by atoms with van der Waals surface area (Å²) in [6.07, 6.45) is 5.06. The van der Waals surface area contributed by atoms with Crippen molar-refractivity contribution < 1.29 is 4.79 Å². The molecule has 0 saturated carbocycles. The van der Waals surface area contributed by atoms with Crippen LogP contribution >= 0.6 is 15.9 Å². The van der Waals surface area contributed by atoms with Crippen LogP contribution in [0.25, 0.3) is 0 Å². The van der Waals surface area contributed by atoms with Crippen LogP contribution < -0.4 is 5.32 Å². The predicted molar refractivity (Wildman–Crippen MR) is 88.2 cm³/mol. The molecule has 21 heavy (non-hydrogen) atoms. The van der Waals surface area contributed by atoms with Crippen LogP contribution in [0, 0.1) is 5.41 Å². The summed E-state index contributed by atoms with van der Waals surface area (Å²) in [5.74, 6) is 0.312. The smallest absolute Gasteiger partial charge is 0.222 e. The topological polar surface area (TPSA) is 32.3 Å². The van der Waals surface area contributed by atoms with E-state index in [4.69, 9.17) is 0 Å². The number of carbonyl (C=O) groups excluding carboxylic acids is 1. The molecule has 0 aromatic heterocycles. The molecule has 1 spiro atoms. The Hall–Kier alpha value is -0.870. The van der Waals surface area contributed by atoms with Crippen molar-refractivity contribution in [2.45, 2.75) is 32.1 Å². The van der Waals surface area contributed by atoms with Gasteiger partial charge in [-0.2, -0.15) is 0 Å². The van der Waals surface area contributed by atoms with Crippen molar-refractivity contribution in [1.82, 2.24) is 10.2 Å². The van der Waals surface area contributed by atoms with Gasteiger partial charge in [-0.3, -0.25) is 4.79 Å². The number of hydrogen-bond donors (Lipinski definition) is 1. The molecule has 1 aromatic rings. The van der Waals surface area contributed by atoms with Crippen LogP contribution in [0.4, 0.5) is 0 Å². The van der Waals surface area contributed by atoms with Gasteiger partial charge in [-0.25, -0.2) is 0 Å². The molecular weight excluding hydrogens is 328 g/mol. The number of likely N-dealkylation sites (tertiary alicyclic amines) is 1. The number of carbonyl (C=O) groups is 1. The van der Waals surface area contributed by atoms with E-state index < -0.39 is 0 Å². The van der Waals surface area contributed by atoms with Crippen molar-refractivity contribution in [3.63, 3.8) is 0 Å². The fraction of sp³-hybridized carbons (Fsp3) is 0.588. The van der Waals surface area contributed by atoms with Crippen LogP contribution in [0.3, 0.4) is 0 Å². The van der Waals surface area contributed by atoms with E-state index >= 15 is 0 Å². The molecule has 2 saturated heterocycles. The molecule has 0 unspecified atom stereocenters. The van der Waals surface area contributed by atoms with Crippen molar-refractivity contribution >= 4 is 21.8 Å². The van der Waals surface area contributed by atoms with Crippen molar-refractivity contribution in [2.75, 3.05) is 26.2 Å². The molecular formula is C17H23BrN2O. The minimum absolute atomic E-state index is 0.312. The Kier molecular flexibility index (Phi) is 4.65. The van der Waals surface area contributed by atoms with Crippen LogP contribution in [-0.2, 0) is 11.2 Å². The van der Waals surface area contributed by atoms with Gasteiger partial charge in [0.1, 0.15) is 0 Å². The van der Waals surface area contributed by atoms with Gasteiger partial charge in [0, 0.05) is 30.5 Å². The summed E-state index contributed by atoms with van der Waals surface area (Å²) >= 11 is 3.55. The molecule has 2 heterocycles. The van der Waals surface area contributed by atoms with Crippen molar-refractivity contribution in [3.8, 4) is 0 Å². The molecule has 0 radical (unpaired) electrons. The van der Waals surface area contributed by atoms with E-state index in [0.29, 0.717) is 17.7 Å². The molecule has 2 aliphatic heterocycles. The van der Waals surface area contributed by atoms with E-state index in [9.17, 15) is 4.79 Å². The fourth-order valence-electron chi connectivity index (χ4n) is 3.55. The largest absolute Gasteiger partial charge is 0.343 e. The first kappa shape index (κ1) is 15.0. The molecule has 0 atom stereocenters. The molecule has 3 rings (SSSR count). The van der Waals surface area contributed by atoms with Crippen LogP contribution in [0.2, 0.25) is 0 Å². The Morgan fingerprint density at radius 3 is 2.67 bits per heavy atom. The number of nitrogens with one attached hydrogen (secondary N) is 1. The van der Waals surface area contributed by atoms with Gasteiger partial charge in [-0.1, -0.05) is 34.1 Å². The number of nitrogens with zero attached hydrogens (tertiary/aromatic N) is 1. The highest BCUT2D eigenvalue weighted by molar-refractivity contribution is 9.10. The SMILES string of the molecule is O=C(CCc1ccccc1Br)N1CCC2(CCNC2)CC1. The second-order valence-corrected chi connectivity index (χ2v) is 7.25. The average Bonchev–Trinajstić information content (AvgIpc) is 2.95. The van der Waals surface area contributed by atoms with Gasteiger partial charge in [0.2, 0.25) is 5.91 Å². The molecule has 1 N–H and O–H groups in total. The van der Waals surface area contributed by atoms with Crippen LogP contribution in [-0.4, -0.2) is 37.0 Å². The Balaban J connectivity index is 1.49. The van der Waals surface area contributed by atoms with E-state index in [2.05, 4.69) is 32.2 Å². The maximum Gasteiger partial charge on any atom is 0.222 e. The molecule has 2 fully saturated rings. The highest BCUT2D eigenvalue weighted by atomic mass is 79.9. The minimum atomic E-state index is 0.312. The first-order chi connectivity index (χ1) is 10.2. The fourth-order valence-corrected chi connectivity index (χ4v) is 4.04. The number of hydrogen-bond acceptors (Lipinski definition) is 2. The zero-order valence-electron chi connectivity index (χ0n) is 12.4.